The van der Waals surface area contributed by atoms with E-state index in [-0.39, 0.29) is 6.42 Å². The molecule has 0 saturated heterocycles. The van der Waals surface area contributed by atoms with E-state index in [0.29, 0.717) is 19.3 Å². The number of unbranched alkanes of at least 4 members (excludes halogenated alkanes) is 8. The van der Waals surface area contributed by atoms with Gasteiger partial charge >= 0.3 is 12.1 Å². The van der Waals surface area contributed by atoms with Crippen LogP contribution in [0.3, 0.4) is 0 Å². The number of hydrogen-bond acceptors (Lipinski definition) is 3. The smallest absolute Gasteiger partial charge is 0.453 e. The lowest BCUT2D eigenvalue weighted by molar-refractivity contribution is -0.209. The Morgan fingerprint density at radius 3 is 1.88 bits per heavy atom. The summed E-state index contributed by atoms with van der Waals surface area (Å²) >= 11 is 0. The highest BCUT2D eigenvalue weighted by molar-refractivity contribution is 5.75. The normalized spacial score (nSPS) is 14.4. The first-order chi connectivity index (χ1) is 11.3. The molecule has 0 radical (unpaired) electrons. The van der Waals surface area contributed by atoms with Crippen LogP contribution in [-0.2, 0) is 9.53 Å². The highest BCUT2D eigenvalue weighted by atomic mass is 19.4. The number of rotatable bonds is 14. The summed E-state index contributed by atoms with van der Waals surface area (Å²) in [6, 6.07) is 0. The standard InChI is InChI=1S/C18H33F3O3/c1-3-5-7-8-9-10-11-12-14-16(15(22)13-6-4-2)24-17(23)18(19,20)21/h15-16,22H,3-14H2,1-2H3. The Kier molecular flexibility index (Phi) is 13.1. The zero-order valence-corrected chi connectivity index (χ0v) is 15.0. The van der Waals surface area contributed by atoms with E-state index in [1.807, 2.05) is 6.92 Å². The molecule has 0 spiro atoms. The second kappa shape index (κ2) is 13.5. The molecule has 0 saturated carbocycles. The largest absolute Gasteiger partial charge is 0.490 e. The second-order valence-electron chi connectivity index (χ2n) is 6.41. The van der Waals surface area contributed by atoms with Crippen LogP contribution in [-0.4, -0.2) is 29.5 Å². The van der Waals surface area contributed by atoms with Gasteiger partial charge in [0, 0.05) is 0 Å². The van der Waals surface area contributed by atoms with Crippen LogP contribution in [0.15, 0.2) is 0 Å². The quantitative estimate of drug-likeness (QED) is 0.329. The van der Waals surface area contributed by atoms with Crippen molar-refractivity contribution in [2.24, 2.45) is 0 Å². The van der Waals surface area contributed by atoms with Crippen molar-refractivity contribution in [3.63, 3.8) is 0 Å². The number of halogens is 3. The third-order valence-electron chi connectivity index (χ3n) is 4.11. The molecular weight excluding hydrogens is 321 g/mol. The molecule has 0 bridgehead atoms. The van der Waals surface area contributed by atoms with Gasteiger partial charge in [0.25, 0.3) is 0 Å². The average Bonchev–Trinajstić information content (AvgIpc) is 2.52. The van der Waals surface area contributed by atoms with E-state index >= 15 is 0 Å². The zero-order chi connectivity index (χ0) is 18.4. The van der Waals surface area contributed by atoms with Gasteiger partial charge in [0.2, 0.25) is 0 Å². The fourth-order valence-corrected chi connectivity index (χ4v) is 2.61. The zero-order valence-electron chi connectivity index (χ0n) is 15.0. The number of esters is 1. The van der Waals surface area contributed by atoms with Gasteiger partial charge in [-0.2, -0.15) is 13.2 Å². The SMILES string of the molecule is CCCCCCCCCCC(OC(=O)C(F)(F)F)C(O)CCCC. The molecule has 6 heteroatoms. The molecule has 24 heavy (non-hydrogen) atoms. The van der Waals surface area contributed by atoms with Crippen molar-refractivity contribution in [2.75, 3.05) is 0 Å². The van der Waals surface area contributed by atoms with Crippen molar-refractivity contribution < 1.29 is 27.8 Å². The van der Waals surface area contributed by atoms with Gasteiger partial charge in [-0.25, -0.2) is 4.79 Å². The van der Waals surface area contributed by atoms with E-state index < -0.39 is 24.4 Å². The summed E-state index contributed by atoms with van der Waals surface area (Å²) < 4.78 is 41.6. The summed E-state index contributed by atoms with van der Waals surface area (Å²) in [5.41, 5.74) is 0. The van der Waals surface area contributed by atoms with Crippen LogP contribution >= 0.6 is 0 Å². The van der Waals surface area contributed by atoms with E-state index in [2.05, 4.69) is 11.7 Å². The van der Waals surface area contributed by atoms with Crippen LogP contribution in [0.25, 0.3) is 0 Å². The highest BCUT2D eigenvalue weighted by Gasteiger charge is 2.43. The van der Waals surface area contributed by atoms with E-state index in [1.165, 1.54) is 25.7 Å². The van der Waals surface area contributed by atoms with Crippen LogP contribution in [0.1, 0.15) is 90.9 Å². The molecule has 0 heterocycles. The Labute approximate surface area is 144 Å². The van der Waals surface area contributed by atoms with Crippen LogP contribution < -0.4 is 0 Å². The van der Waals surface area contributed by atoms with Gasteiger partial charge in [-0.05, 0) is 19.3 Å². The number of carbonyl (C=O) groups excluding carboxylic acids is 1. The summed E-state index contributed by atoms with van der Waals surface area (Å²) in [6.07, 6.45) is 3.56. The maximum Gasteiger partial charge on any atom is 0.490 e. The van der Waals surface area contributed by atoms with Gasteiger partial charge in [-0.1, -0.05) is 71.6 Å². The minimum Gasteiger partial charge on any atom is -0.453 e. The van der Waals surface area contributed by atoms with E-state index in [9.17, 15) is 23.1 Å². The van der Waals surface area contributed by atoms with Crippen molar-refractivity contribution in [1.29, 1.82) is 0 Å². The topological polar surface area (TPSA) is 46.5 Å². The van der Waals surface area contributed by atoms with Gasteiger partial charge in [-0.15, -0.1) is 0 Å². The molecule has 1 N–H and O–H groups in total. The maximum absolute atomic E-state index is 12.4. The van der Waals surface area contributed by atoms with E-state index in [0.717, 1.165) is 25.7 Å². The summed E-state index contributed by atoms with van der Waals surface area (Å²) in [5.74, 6) is -2.21. The molecule has 0 aliphatic carbocycles. The predicted octanol–water partition coefficient (Wildman–Crippen LogP) is 5.54. The van der Waals surface area contributed by atoms with Gasteiger partial charge in [0.15, 0.2) is 0 Å². The molecule has 0 aromatic rings. The Bertz CT molecular complexity index is 319. The molecule has 0 fully saturated rings. The number of hydrogen-bond donors (Lipinski definition) is 1. The Balaban J connectivity index is 4.18. The van der Waals surface area contributed by atoms with Crippen LogP contribution in [0, 0.1) is 0 Å². The van der Waals surface area contributed by atoms with Crippen molar-refractivity contribution in [3.8, 4) is 0 Å². The Morgan fingerprint density at radius 2 is 1.38 bits per heavy atom. The minimum atomic E-state index is -5.01. The summed E-state index contributed by atoms with van der Waals surface area (Å²) in [5, 5.41) is 10.0. The second-order valence-corrected chi connectivity index (χ2v) is 6.41. The predicted molar refractivity (Wildman–Crippen MR) is 88.7 cm³/mol. The molecule has 2 atom stereocenters. The lowest BCUT2D eigenvalue weighted by Crippen LogP contribution is -2.36. The third kappa shape index (κ3) is 11.7. The van der Waals surface area contributed by atoms with Crippen LogP contribution in [0.5, 0.6) is 0 Å². The van der Waals surface area contributed by atoms with E-state index in [4.69, 9.17) is 0 Å². The molecule has 0 aliphatic heterocycles. The molecule has 0 amide bonds. The number of carbonyl (C=O) groups is 1. The molecular formula is C18H33F3O3. The van der Waals surface area contributed by atoms with Gasteiger partial charge in [0.1, 0.15) is 6.10 Å². The molecule has 0 rings (SSSR count). The lowest BCUT2D eigenvalue weighted by atomic mass is 10.0. The molecule has 0 aromatic heterocycles. The summed E-state index contributed by atoms with van der Waals surface area (Å²) in [7, 11) is 0. The lowest BCUT2D eigenvalue weighted by Gasteiger charge is -2.23. The van der Waals surface area contributed by atoms with Crippen molar-refractivity contribution in [2.45, 2.75) is 109 Å². The first-order valence-corrected chi connectivity index (χ1v) is 9.28. The highest BCUT2D eigenvalue weighted by Crippen LogP contribution is 2.22. The Morgan fingerprint density at radius 1 is 0.875 bits per heavy atom. The third-order valence-corrected chi connectivity index (χ3v) is 4.11. The Hall–Kier alpha value is -0.780. The molecule has 144 valence electrons. The van der Waals surface area contributed by atoms with Gasteiger partial charge < -0.3 is 9.84 Å². The fraction of sp³-hybridized carbons (Fsp3) is 0.944. The molecule has 3 nitrogen and oxygen atoms in total. The maximum atomic E-state index is 12.4. The van der Waals surface area contributed by atoms with Gasteiger partial charge in [-0.3, -0.25) is 0 Å². The average molecular weight is 354 g/mol. The number of aliphatic hydroxyl groups excluding tert-OH is 1. The van der Waals surface area contributed by atoms with Crippen LogP contribution in [0.4, 0.5) is 13.2 Å². The first kappa shape index (κ1) is 23.2. The number of ether oxygens (including phenoxy) is 1. The number of aliphatic hydroxyl groups is 1. The number of alkyl halides is 3. The molecule has 0 aliphatic rings. The van der Waals surface area contributed by atoms with Crippen molar-refractivity contribution >= 4 is 5.97 Å². The summed E-state index contributed by atoms with van der Waals surface area (Å²) in [6.45, 7) is 4.09. The monoisotopic (exact) mass is 354 g/mol. The molecule has 2 unspecified atom stereocenters. The van der Waals surface area contributed by atoms with Crippen LogP contribution in [0.2, 0.25) is 0 Å². The summed E-state index contributed by atoms with van der Waals surface area (Å²) in [4.78, 5) is 11.0. The van der Waals surface area contributed by atoms with E-state index in [1.54, 1.807) is 0 Å². The van der Waals surface area contributed by atoms with Crippen molar-refractivity contribution in [3.05, 3.63) is 0 Å². The first-order valence-electron chi connectivity index (χ1n) is 9.28. The fourth-order valence-electron chi connectivity index (χ4n) is 2.61. The van der Waals surface area contributed by atoms with Gasteiger partial charge in [0.05, 0.1) is 6.10 Å². The molecule has 0 aromatic carbocycles. The minimum absolute atomic E-state index is 0.279. The van der Waals surface area contributed by atoms with Crippen molar-refractivity contribution in [1.82, 2.24) is 0 Å².